The number of nitrogens with one attached hydrogen (secondary N) is 3. The van der Waals surface area contributed by atoms with Gasteiger partial charge in [0.1, 0.15) is 6.54 Å². The van der Waals surface area contributed by atoms with Gasteiger partial charge in [-0.1, -0.05) is 11.6 Å². The van der Waals surface area contributed by atoms with Gasteiger partial charge in [-0.05, 0) is 18.2 Å². The lowest BCUT2D eigenvalue weighted by Gasteiger charge is -2.12. The first-order valence-electron chi connectivity index (χ1n) is 6.13. The third-order valence-corrected chi connectivity index (χ3v) is 2.75. The van der Waals surface area contributed by atoms with Crippen LogP contribution in [0.1, 0.15) is 5.56 Å². The van der Waals surface area contributed by atoms with E-state index in [2.05, 4.69) is 5.32 Å². The highest BCUT2D eigenvalue weighted by Gasteiger charge is 2.31. The van der Waals surface area contributed by atoms with Gasteiger partial charge >= 0.3 is 18.4 Å². The Morgan fingerprint density at radius 2 is 1.71 bits per heavy atom. The van der Waals surface area contributed by atoms with E-state index in [1.807, 2.05) is 0 Å². The zero-order valence-electron chi connectivity index (χ0n) is 11.6. The normalized spacial score (nSPS) is 11.8. The fourth-order valence-electron chi connectivity index (χ4n) is 1.41. The lowest BCUT2D eigenvalue weighted by atomic mass is 10.2. The summed E-state index contributed by atoms with van der Waals surface area (Å²) in [4.78, 5) is 22.4. The molecule has 0 unspecified atom stereocenters. The SMILES string of the molecule is O=C(CNc1ccc(C(F)(F)F)cc1Cl)NC(=O)NCC(F)(F)F. The van der Waals surface area contributed by atoms with Crippen molar-refractivity contribution in [3.05, 3.63) is 28.8 Å². The fourth-order valence-corrected chi connectivity index (χ4v) is 1.65. The first-order valence-corrected chi connectivity index (χ1v) is 6.51. The number of carbonyl (C=O) groups excluding carboxylic acids is 2. The second-order valence-electron chi connectivity index (χ2n) is 4.39. The van der Waals surface area contributed by atoms with E-state index in [-0.39, 0.29) is 10.7 Å². The van der Waals surface area contributed by atoms with Crippen molar-refractivity contribution in [1.29, 1.82) is 0 Å². The molecule has 5 nitrogen and oxygen atoms in total. The molecule has 1 rings (SSSR count). The maximum atomic E-state index is 12.4. The molecule has 134 valence electrons. The Balaban J connectivity index is 2.51. The van der Waals surface area contributed by atoms with Crippen molar-refractivity contribution in [2.45, 2.75) is 12.4 Å². The molecule has 0 saturated carbocycles. The summed E-state index contributed by atoms with van der Waals surface area (Å²) in [5.41, 5.74) is -1.01. The highest BCUT2D eigenvalue weighted by Crippen LogP contribution is 2.33. The Hall–Kier alpha value is -2.17. The molecular formula is C12H10ClF6N3O2. The van der Waals surface area contributed by atoms with Crippen LogP contribution in [0.15, 0.2) is 18.2 Å². The van der Waals surface area contributed by atoms with E-state index < -0.39 is 42.9 Å². The molecule has 0 aromatic heterocycles. The van der Waals surface area contributed by atoms with Crippen molar-refractivity contribution in [2.24, 2.45) is 0 Å². The predicted octanol–water partition coefficient (Wildman–Crippen LogP) is 3.16. The molecule has 3 amide bonds. The number of imide groups is 1. The van der Waals surface area contributed by atoms with E-state index in [0.29, 0.717) is 6.07 Å². The van der Waals surface area contributed by atoms with Crippen molar-refractivity contribution in [3.63, 3.8) is 0 Å². The lowest BCUT2D eigenvalue weighted by Crippen LogP contribution is -2.45. The van der Waals surface area contributed by atoms with Gasteiger partial charge in [0, 0.05) is 0 Å². The zero-order valence-corrected chi connectivity index (χ0v) is 12.4. The van der Waals surface area contributed by atoms with Gasteiger partial charge in [-0.25, -0.2) is 4.79 Å². The van der Waals surface area contributed by atoms with Gasteiger partial charge in [0.05, 0.1) is 22.8 Å². The lowest BCUT2D eigenvalue weighted by molar-refractivity contribution is -0.137. The summed E-state index contributed by atoms with van der Waals surface area (Å²) >= 11 is 5.63. The molecule has 0 aliphatic rings. The fraction of sp³-hybridized carbons (Fsp3) is 0.333. The molecule has 24 heavy (non-hydrogen) atoms. The van der Waals surface area contributed by atoms with Gasteiger partial charge in [0.2, 0.25) is 5.91 Å². The average Bonchev–Trinajstić information content (AvgIpc) is 2.42. The molecule has 1 aromatic rings. The number of rotatable bonds is 4. The standard InChI is InChI=1S/C12H10ClF6N3O2/c13-7-3-6(12(17,18)19)1-2-8(7)20-4-9(23)22-10(24)21-5-11(14,15)16/h1-3,20H,4-5H2,(H2,21,22,23,24). The van der Waals surface area contributed by atoms with Crippen molar-refractivity contribution < 1.29 is 35.9 Å². The molecule has 0 spiro atoms. The summed E-state index contributed by atoms with van der Waals surface area (Å²) in [5.74, 6) is -1.01. The van der Waals surface area contributed by atoms with Crippen LogP contribution in [0, 0.1) is 0 Å². The van der Waals surface area contributed by atoms with Gasteiger partial charge in [-0.2, -0.15) is 26.3 Å². The number of alkyl halides is 6. The van der Waals surface area contributed by atoms with Gasteiger partial charge < -0.3 is 10.6 Å². The molecule has 1 aromatic carbocycles. The quantitative estimate of drug-likeness (QED) is 0.706. The molecule has 0 radical (unpaired) electrons. The monoisotopic (exact) mass is 377 g/mol. The molecular weight excluding hydrogens is 368 g/mol. The molecule has 3 N–H and O–H groups in total. The molecule has 0 saturated heterocycles. The Morgan fingerprint density at radius 1 is 1.08 bits per heavy atom. The average molecular weight is 378 g/mol. The summed E-state index contributed by atoms with van der Waals surface area (Å²) in [7, 11) is 0. The summed E-state index contributed by atoms with van der Waals surface area (Å²) in [6, 6.07) is 0.972. The molecule has 0 heterocycles. The minimum atomic E-state index is -4.63. The summed E-state index contributed by atoms with van der Waals surface area (Å²) in [5, 5.41) is 5.05. The van der Waals surface area contributed by atoms with Gasteiger partial charge in [0.15, 0.2) is 0 Å². The third kappa shape index (κ3) is 6.94. The Kier molecular flexibility index (Phi) is 6.29. The zero-order chi connectivity index (χ0) is 18.5. The molecule has 0 aliphatic carbocycles. The number of benzene rings is 1. The van der Waals surface area contributed by atoms with Crippen LogP contribution >= 0.6 is 11.6 Å². The number of hydrogen-bond acceptors (Lipinski definition) is 3. The largest absolute Gasteiger partial charge is 0.416 e. The van der Waals surface area contributed by atoms with Gasteiger partial charge in [-0.3, -0.25) is 10.1 Å². The first-order chi connectivity index (χ1) is 10.9. The van der Waals surface area contributed by atoms with E-state index in [9.17, 15) is 35.9 Å². The molecule has 12 heteroatoms. The Labute approximate surface area is 136 Å². The molecule has 0 fully saturated rings. The van der Waals surface area contributed by atoms with Crippen LogP contribution in [0.25, 0.3) is 0 Å². The number of hydrogen-bond donors (Lipinski definition) is 3. The van der Waals surface area contributed by atoms with Crippen LogP contribution in [0.4, 0.5) is 36.8 Å². The number of urea groups is 1. The number of halogens is 7. The number of amides is 3. The summed E-state index contributed by atoms with van der Waals surface area (Å²) in [6.07, 6.45) is -9.22. The summed E-state index contributed by atoms with van der Waals surface area (Å²) < 4.78 is 72.9. The Bertz CT molecular complexity index is 618. The number of anilines is 1. The first kappa shape index (κ1) is 19.9. The highest BCUT2D eigenvalue weighted by molar-refractivity contribution is 6.33. The van der Waals surface area contributed by atoms with Crippen molar-refractivity contribution in [3.8, 4) is 0 Å². The van der Waals surface area contributed by atoms with E-state index in [0.717, 1.165) is 12.1 Å². The van der Waals surface area contributed by atoms with Crippen LogP contribution in [0.2, 0.25) is 5.02 Å². The predicted molar refractivity (Wildman–Crippen MR) is 72.5 cm³/mol. The minimum absolute atomic E-state index is 0.0180. The van der Waals surface area contributed by atoms with E-state index in [1.165, 1.54) is 5.32 Å². The van der Waals surface area contributed by atoms with Gasteiger partial charge in [-0.15, -0.1) is 0 Å². The van der Waals surface area contributed by atoms with E-state index in [4.69, 9.17) is 11.6 Å². The van der Waals surface area contributed by atoms with Crippen LogP contribution in [-0.4, -0.2) is 31.2 Å². The topological polar surface area (TPSA) is 70.2 Å². The molecule has 0 atom stereocenters. The highest BCUT2D eigenvalue weighted by atomic mass is 35.5. The van der Waals surface area contributed by atoms with Crippen LogP contribution < -0.4 is 16.0 Å². The smallest absolute Gasteiger partial charge is 0.375 e. The third-order valence-electron chi connectivity index (χ3n) is 2.44. The summed E-state index contributed by atoms with van der Waals surface area (Å²) in [6.45, 7) is -2.21. The van der Waals surface area contributed by atoms with E-state index in [1.54, 1.807) is 5.32 Å². The molecule has 0 bridgehead atoms. The second-order valence-corrected chi connectivity index (χ2v) is 4.80. The van der Waals surface area contributed by atoms with E-state index >= 15 is 0 Å². The molecule has 0 aliphatic heterocycles. The number of carbonyl (C=O) groups is 2. The van der Waals surface area contributed by atoms with Crippen molar-refractivity contribution >= 4 is 29.2 Å². The maximum absolute atomic E-state index is 12.4. The van der Waals surface area contributed by atoms with Gasteiger partial charge in [0.25, 0.3) is 0 Å². The second kappa shape index (κ2) is 7.60. The van der Waals surface area contributed by atoms with Crippen LogP contribution in [0.5, 0.6) is 0 Å². The van der Waals surface area contributed by atoms with Crippen LogP contribution in [0.3, 0.4) is 0 Å². The van der Waals surface area contributed by atoms with Crippen LogP contribution in [-0.2, 0) is 11.0 Å². The minimum Gasteiger partial charge on any atom is -0.375 e. The Morgan fingerprint density at radius 3 is 2.21 bits per heavy atom. The maximum Gasteiger partial charge on any atom is 0.416 e. The van der Waals surface area contributed by atoms with Crippen molar-refractivity contribution in [1.82, 2.24) is 10.6 Å². The van der Waals surface area contributed by atoms with Crippen molar-refractivity contribution in [2.75, 3.05) is 18.4 Å².